The molecule has 13 heavy (non-hydrogen) atoms. The smallest absolute Gasteiger partial charge is 0.150 e. The fourth-order valence-corrected chi connectivity index (χ4v) is 1.69. The van der Waals surface area contributed by atoms with E-state index in [4.69, 9.17) is 10.2 Å². The van der Waals surface area contributed by atoms with E-state index in [1.165, 1.54) is 0 Å². The van der Waals surface area contributed by atoms with Crippen LogP contribution in [0.15, 0.2) is 12.1 Å². The topological polar surface area (TPSA) is 57.5 Å². The third-order valence-electron chi connectivity index (χ3n) is 1.60. The third-order valence-corrected chi connectivity index (χ3v) is 2.23. The number of hydrogen-bond donors (Lipinski definition) is 2. The molecule has 0 fully saturated rings. The van der Waals surface area contributed by atoms with E-state index in [0.717, 1.165) is 16.1 Å². The molecule has 3 nitrogen and oxygen atoms in total. The quantitative estimate of drug-likeness (QED) is 0.591. The molecule has 0 aromatic heterocycles. The number of carbonyl (C=O) groups is 1. The number of rotatable bonds is 1. The number of aliphatic hydroxyl groups is 2. The molecule has 0 saturated heterocycles. The van der Waals surface area contributed by atoms with Crippen molar-refractivity contribution in [2.24, 2.45) is 0 Å². The normalized spacial score (nSPS) is 13.3. The maximum Gasteiger partial charge on any atom is 0.150 e. The second-order valence-electron chi connectivity index (χ2n) is 2.37. The summed E-state index contributed by atoms with van der Waals surface area (Å²) in [5.74, 6) is 0. The zero-order valence-electron chi connectivity index (χ0n) is 6.57. The predicted octanol–water partition coefficient (Wildman–Crippen LogP) is 0.696. The number of hydrogen-bond acceptors (Lipinski definition) is 3. The van der Waals surface area contributed by atoms with Gasteiger partial charge in [-0.25, -0.2) is 0 Å². The summed E-state index contributed by atoms with van der Waals surface area (Å²) in [7, 11) is 0. The molecule has 0 spiro atoms. The van der Waals surface area contributed by atoms with Gasteiger partial charge in [-0.3, -0.25) is 4.79 Å². The number of halogens is 1. The van der Waals surface area contributed by atoms with E-state index < -0.39 is 0 Å². The minimum absolute atomic E-state index is 0.331. The van der Waals surface area contributed by atoms with Crippen molar-refractivity contribution in [2.75, 3.05) is 0 Å². The summed E-state index contributed by atoms with van der Waals surface area (Å²) in [6.45, 7) is 0. The van der Waals surface area contributed by atoms with E-state index in [2.05, 4.69) is 0 Å². The molecule has 4 heteroatoms. The Morgan fingerprint density at radius 3 is 2.38 bits per heavy atom. The molecule has 0 amide bonds. The molecular formula is C9H7IO3. The Morgan fingerprint density at radius 1 is 1.23 bits per heavy atom. The minimum atomic E-state index is 0.331. The lowest BCUT2D eigenvalue weighted by molar-refractivity contribution is 0.112. The van der Waals surface area contributed by atoms with Crippen LogP contribution in [0.4, 0.5) is 0 Å². The molecule has 0 aliphatic carbocycles. The second-order valence-corrected chi connectivity index (χ2v) is 3.62. The van der Waals surface area contributed by atoms with Gasteiger partial charge in [-0.2, -0.15) is 0 Å². The minimum Gasteiger partial charge on any atom is -0.515 e. The van der Waals surface area contributed by atoms with Crippen LogP contribution < -0.4 is 10.4 Å². The highest BCUT2D eigenvalue weighted by Crippen LogP contribution is 1.99. The summed E-state index contributed by atoms with van der Waals surface area (Å²) < 4.78 is 0.825. The number of aliphatic hydroxyl groups excluding tert-OH is 2. The van der Waals surface area contributed by atoms with Crippen LogP contribution in [0.3, 0.4) is 0 Å². The molecule has 0 aliphatic rings. The van der Waals surface area contributed by atoms with Crippen molar-refractivity contribution in [2.45, 2.75) is 0 Å². The maximum absolute atomic E-state index is 10.6. The average molecular weight is 290 g/mol. The van der Waals surface area contributed by atoms with Gasteiger partial charge < -0.3 is 10.2 Å². The van der Waals surface area contributed by atoms with Gasteiger partial charge in [0.25, 0.3) is 0 Å². The summed E-state index contributed by atoms with van der Waals surface area (Å²) >= 11 is 2.03. The highest BCUT2D eigenvalue weighted by Gasteiger charge is 1.98. The zero-order chi connectivity index (χ0) is 9.84. The lowest BCUT2D eigenvalue weighted by Gasteiger charge is -1.95. The number of aldehydes is 1. The summed E-state index contributed by atoms with van der Waals surface area (Å²) in [6, 6.07) is 3.29. The van der Waals surface area contributed by atoms with Gasteiger partial charge >= 0.3 is 0 Å². The summed E-state index contributed by atoms with van der Waals surface area (Å²) in [5.41, 5.74) is 0.356. The van der Waals surface area contributed by atoms with E-state index in [9.17, 15) is 4.79 Å². The van der Waals surface area contributed by atoms with Crippen LogP contribution in [0, 0.1) is 3.57 Å². The van der Waals surface area contributed by atoms with Crippen molar-refractivity contribution in [1.29, 1.82) is 0 Å². The molecule has 68 valence electrons. The average Bonchev–Trinajstić information content (AvgIpc) is 2.16. The second kappa shape index (κ2) is 4.27. The lowest BCUT2D eigenvalue weighted by Crippen LogP contribution is -2.29. The first-order valence-electron chi connectivity index (χ1n) is 3.46. The van der Waals surface area contributed by atoms with Crippen LogP contribution in [0.1, 0.15) is 10.4 Å². The van der Waals surface area contributed by atoms with E-state index >= 15 is 0 Å². The van der Waals surface area contributed by atoms with E-state index in [-0.39, 0.29) is 0 Å². The summed E-state index contributed by atoms with van der Waals surface area (Å²) in [5, 5.41) is 18.4. The molecule has 1 aromatic rings. The third kappa shape index (κ3) is 2.00. The van der Waals surface area contributed by atoms with E-state index in [1.54, 1.807) is 12.1 Å². The standard InChI is InChI=1S/C9H7IO3/c10-8-1-6(3-11)9(5-13)7(2-8)4-12/h1-5,11,13H. The van der Waals surface area contributed by atoms with Crippen LogP contribution in [0.5, 0.6) is 0 Å². The highest BCUT2D eigenvalue weighted by molar-refractivity contribution is 14.1. The monoisotopic (exact) mass is 290 g/mol. The van der Waals surface area contributed by atoms with Crippen molar-refractivity contribution in [3.05, 3.63) is 31.7 Å². The van der Waals surface area contributed by atoms with Crippen LogP contribution in [0.2, 0.25) is 0 Å². The maximum atomic E-state index is 10.6. The van der Waals surface area contributed by atoms with Crippen molar-refractivity contribution in [3.63, 3.8) is 0 Å². The fraction of sp³-hybridized carbons (Fsp3) is 0. The zero-order valence-corrected chi connectivity index (χ0v) is 8.72. The lowest BCUT2D eigenvalue weighted by atomic mass is 10.1. The Bertz CT molecular complexity index is 437. The van der Waals surface area contributed by atoms with Gasteiger partial charge in [0.1, 0.15) is 0 Å². The molecule has 1 aromatic carbocycles. The molecule has 0 saturated carbocycles. The molecule has 0 aliphatic heterocycles. The molecule has 0 radical (unpaired) electrons. The Kier molecular flexibility index (Phi) is 3.30. The first-order chi connectivity index (χ1) is 6.22. The van der Waals surface area contributed by atoms with Crippen LogP contribution >= 0.6 is 22.6 Å². The molecule has 0 atom stereocenters. The SMILES string of the molecule is O=Cc1cc(I)cc(=CO)c1=CO. The first-order valence-corrected chi connectivity index (χ1v) is 4.54. The van der Waals surface area contributed by atoms with Crippen LogP contribution in [-0.4, -0.2) is 16.5 Å². The van der Waals surface area contributed by atoms with Gasteiger partial charge in [0, 0.05) is 19.6 Å². The Labute approximate surface area is 88.2 Å². The largest absolute Gasteiger partial charge is 0.515 e. The van der Waals surface area contributed by atoms with E-state index in [1.807, 2.05) is 22.6 Å². The van der Waals surface area contributed by atoms with Crippen LogP contribution in [-0.2, 0) is 0 Å². The van der Waals surface area contributed by atoms with Gasteiger partial charge in [0.2, 0.25) is 0 Å². The number of benzene rings is 1. The van der Waals surface area contributed by atoms with Gasteiger partial charge in [0.15, 0.2) is 6.29 Å². The van der Waals surface area contributed by atoms with Gasteiger partial charge in [-0.1, -0.05) is 0 Å². The Balaban J connectivity index is 3.74. The molecule has 0 heterocycles. The molecule has 0 unspecified atom stereocenters. The van der Waals surface area contributed by atoms with Gasteiger partial charge in [-0.05, 0) is 34.7 Å². The molecule has 0 bridgehead atoms. The molecular weight excluding hydrogens is 283 g/mol. The van der Waals surface area contributed by atoms with Crippen molar-refractivity contribution in [1.82, 2.24) is 0 Å². The van der Waals surface area contributed by atoms with Crippen molar-refractivity contribution < 1.29 is 15.0 Å². The number of carbonyl (C=O) groups excluding carboxylic acids is 1. The highest BCUT2D eigenvalue weighted by atomic mass is 127. The van der Waals surface area contributed by atoms with Crippen molar-refractivity contribution >= 4 is 41.4 Å². The summed E-state index contributed by atoms with van der Waals surface area (Å²) in [6.07, 6.45) is 2.30. The van der Waals surface area contributed by atoms with Gasteiger partial charge in [-0.15, -0.1) is 0 Å². The Hall–Kier alpha value is -1.04. The van der Waals surface area contributed by atoms with E-state index in [0.29, 0.717) is 22.3 Å². The van der Waals surface area contributed by atoms with Gasteiger partial charge in [0.05, 0.1) is 12.5 Å². The molecule has 2 N–H and O–H groups in total. The molecule has 1 rings (SSSR count). The fourth-order valence-electron chi connectivity index (χ4n) is 1.01. The Morgan fingerprint density at radius 2 is 1.92 bits per heavy atom. The van der Waals surface area contributed by atoms with Crippen LogP contribution in [0.25, 0.3) is 12.5 Å². The van der Waals surface area contributed by atoms with Crippen molar-refractivity contribution in [3.8, 4) is 0 Å². The summed E-state index contributed by atoms with van der Waals surface area (Å²) in [4.78, 5) is 10.6. The first kappa shape index (κ1) is 10.0. The predicted molar refractivity (Wildman–Crippen MR) is 58.0 cm³/mol.